The lowest BCUT2D eigenvalue weighted by molar-refractivity contribution is 0.0445. The van der Waals surface area contributed by atoms with Gasteiger partial charge in [-0.05, 0) is 57.3 Å². The molecule has 0 unspecified atom stereocenters. The Balaban J connectivity index is 2.56. The zero-order valence-electron chi connectivity index (χ0n) is 14.1. The topological polar surface area (TPSA) is 63.5 Å². The van der Waals surface area contributed by atoms with Crippen LogP contribution in [0.5, 0.6) is 0 Å². The summed E-state index contributed by atoms with van der Waals surface area (Å²) in [6.45, 7) is 10.8. The molecule has 0 spiro atoms. The second-order valence-electron chi connectivity index (χ2n) is 6.42. The minimum atomic E-state index is -0.504. The number of halogens is 1. The van der Waals surface area contributed by atoms with Gasteiger partial charge in [0.1, 0.15) is 11.4 Å². The maximum atomic E-state index is 12.0. The molecule has 0 saturated heterocycles. The largest absolute Gasteiger partial charge is 0.448 e. The van der Waals surface area contributed by atoms with Gasteiger partial charge in [-0.1, -0.05) is 13.8 Å². The normalized spacial score (nSPS) is 12.3. The summed E-state index contributed by atoms with van der Waals surface area (Å²) < 4.78 is 10.7. The Kier molecular flexibility index (Phi) is 6.75. The molecule has 1 aromatic heterocycles. The van der Waals surface area contributed by atoms with Gasteiger partial charge < -0.3 is 19.8 Å². The van der Waals surface area contributed by atoms with Crippen LogP contribution in [0.15, 0.2) is 16.5 Å². The molecule has 6 heteroatoms. The van der Waals surface area contributed by atoms with Crippen LogP contribution >= 0.6 is 11.6 Å². The van der Waals surface area contributed by atoms with Gasteiger partial charge in [-0.25, -0.2) is 4.79 Å². The van der Waals surface area contributed by atoms with Crippen molar-refractivity contribution in [2.24, 2.45) is 0 Å². The molecule has 0 aliphatic heterocycles. The number of rotatable bonds is 7. The van der Waals surface area contributed by atoms with Crippen LogP contribution in [0.2, 0.25) is 5.22 Å². The lowest BCUT2D eigenvalue weighted by Gasteiger charge is -2.34. The lowest BCUT2D eigenvalue weighted by atomic mass is 9.93. The number of hydrogen-bond donors (Lipinski definition) is 2. The van der Waals surface area contributed by atoms with Crippen LogP contribution in [0, 0.1) is 0 Å². The third-order valence-electron chi connectivity index (χ3n) is 3.51. The first-order valence-electron chi connectivity index (χ1n) is 7.66. The Morgan fingerprint density at radius 3 is 2.36 bits per heavy atom. The van der Waals surface area contributed by atoms with Crippen molar-refractivity contribution in [1.82, 2.24) is 10.6 Å². The Bertz CT molecular complexity index is 476. The summed E-state index contributed by atoms with van der Waals surface area (Å²) in [4.78, 5) is 12.0. The van der Waals surface area contributed by atoms with Crippen molar-refractivity contribution in [3.8, 4) is 0 Å². The van der Waals surface area contributed by atoms with E-state index >= 15 is 0 Å². The van der Waals surface area contributed by atoms with E-state index in [1.165, 1.54) is 0 Å². The van der Waals surface area contributed by atoms with Crippen molar-refractivity contribution >= 4 is 17.7 Å². The lowest BCUT2D eigenvalue weighted by Crippen LogP contribution is -2.55. The van der Waals surface area contributed by atoms with E-state index in [9.17, 15) is 4.79 Å². The van der Waals surface area contributed by atoms with Gasteiger partial charge in [0.25, 0.3) is 0 Å². The highest BCUT2D eigenvalue weighted by Gasteiger charge is 2.30. The van der Waals surface area contributed by atoms with Crippen LogP contribution in [0.1, 0.15) is 53.2 Å². The number of hydrogen-bond acceptors (Lipinski definition) is 4. The van der Waals surface area contributed by atoms with E-state index in [1.54, 1.807) is 6.07 Å². The van der Waals surface area contributed by atoms with E-state index in [1.807, 2.05) is 40.7 Å². The van der Waals surface area contributed by atoms with Crippen molar-refractivity contribution in [3.63, 3.8) is 0 Å². The summed E-state index contributed by atoms with van der Waals surface area (Å²) >= 11 is 5.75. The molecule has 1 heterocycles. The minimum absolute atomic E-state index is 0.348. The van der Waals surface area contributed by atoms with Crippen LogP contribution in [0.4, 0.5) is 4.79 Å². The maximum Gasteiger partial charge on any atom is 0.408 e. The highest BCUT2D eigenvalue weighted by molar-refractivity contribution is 6.28. The van der Waals surface area contributed by atoms with E-state index in [0.29, 0.717) is 18.3 Å². The summed E-state index contributed by atoms with van der Waals surface area (Å²) in [6, 6.07) is 3.54. The SMILES string of the molecule is CCC(CC)(CNCc1ccc(Cl)o1)NC(=O)OC(C)(C)C. The number of nitrogens with one attached hydrogen (secondary N) is 2. The molecule has 0 radical (unpaired) electrons. The Labute approximate surface area is 137 Å². The molecule has 0 aromatic carbocycles. The maximum absolute atomic E-state index is 12.0. The van der Waals surface area contributed by atoms with Crippen molar-refractivity contribution in [3.05, 3.63) is 23.1 Å². The molecular weight excluding hydrogens is 304 g/mol. The minimum Gasteiger partial charge on any atom is -0.448 e. The first-order chi connectivity index (χ1) is 10.2. The molecule has 5 nitrogen and oxygen atoms in total. The highest BCUT2D eigenvalue weighted by atomic mass is 35.5. The quantitative estimate of drug-likeness (QED) is 0.789. The highest BCUT2D eigenvalue weighted by Crippen LogP contribution is 2.17. The molecule has 0 aliphatic rings. The fourth-order valence-electron chi connectivity index (χ4n) is 2.11. The molecule has 0 aliphatic carbocycles. The van der Waals surface area contributed by atoms with Gasteiger partial charge in [-0.3, -0.25) is 0 Å². The summed E-state index contributed by atoms with van der Waals surface area (Å²) in [6.07, 6.45) is 1.21. The second kappa shape index (κ2) is 7.88. The summed E-state index contributed by atoms with van der Waals surface area (Å²) in [7, 11) is 0. The number of carbonyl (C=O) groups excluding carboxylic acids is 1. The predicted octanol–water partition coefficient (Wildman–Crippen LogP) is 4.11. The Morgan fingerprint density at radius 1 is 1.27 bits per heavy atom. The van der Waals surface area contributed by atoms with Gasteiger partial charge in [-0.15, -0.1) is 0 Å². The Morgan fingerprint density at radius 2 is 1.91 bits per heavy atom. The van der Waals surface area contributed by atoms with E-state index in [-0.39, 0.29) is 11.6 Å². The van der Waals surface area contributed by atoms with Crippen LogP contribution in [0.25, 0.3) is 0 Å². The van der Waals surface area contributed by atoms with Crippen molar-refractivity contribution in [2.75, 3.05) is 6.54 Å². The second-order valence-corrected chi connectivity index (χ2v) is 6.80. The molecule has 2 N–H and O–H groups in total. The molecule has 126 valence electrons. The molecule has 1 aromatic rings. The number of ether oxygens (including phenoxy) is 1. The van der Waals surface area contributed by atoms with Crippen molar-refractivity contribution in [2.45, 2.75) is 65.1 Å². The zero-order valence-corrected chi connectivity index (χ0v) is 14.8. The number of carbonyl (C=O) groups is 1. The van der Waals surface area contributed by atoms with Gasteiger partial charge in [0.15, 0.2) is 5.22 Å². The van der Waals surface area contributed by atoms with E-state index < -0.39 is 5.60 Å². The fraction of sp³-hybridized carbons (Fsp3) is 0.688. The van der Waals surface area contributed by atoms with Gasteiger partial charge in [0.2, 0.25) is 0 Å². The first kappa shape index (κ1) is 18.8. The number of alkyl carbamates (subject to hydrolysis) is 1. The average molecular weight is 331 g/mol. The first-order valence-corrected chi connectivity index (χ1v) is 8.03. The molecule has 0 atom stereocenters. The average Bonchev–Trinajstić information content (AvgIpc) is 2.81. The fourth-order valence-corrected chi connectivity index (χ4v) is 2.27. The van der Waals surface area contributed by atoms with Crippen molar-refractivity contribution in [1.29, 1.82) is 0 Å². The van der Waals surface area contributed by atoms with Gasteiger partial charge in [0.05, 0.1) is 12.1 Å². The number of furan rings is 1. The van der Waals surface area contributed by atoms with Gasteiger partial charge >= 0.3 is 6.09 Å². The number of amides is 1. The van der Waals surface area contributed by atoms with E-state index in [4.69, 9.17) is 20.8 Å². The standard InChI is InChI=1S/C16H27ClN2O3/c1-6-16(7-2,19-14(20)22-15(3,4)5)11-18-10-12-8-9-13(17)21-12/h8-9,18H,6-7,10-11H2,1-5H3,(H,19,20). The summed E-state index contributed by atoms with van der Waals surface area (Å²) in [5.74, 6) is 0.767. The van der Waals surface area contributed by atoms with Crippen molar-refractivity contribution < 1.29 is 13.9 Å². The van der Waals surface area contributed by atoms with E-state index in [0.717, 1.165) is 18.6 Å². The predicted molar refractivity (Wildman–Crippen MR) is 88.1 cm³/mol. The van der Waals surface area contributed by atoms with E-state index in [2.05, 4.69) is 10.6 Å². The molecule has 0 saturated carbocycles. The molecule has 1 rings (SSSR count). The summed E-state index contributed by atoms with van der Waals surface area (Å²) in [5.41, 5.74) is -0.853. The van der Waals surface area contributed by atoms with Crippen LogP contribution in [-0.4, -0.2) is 23.8 Å². The Hall–Kier alpha value is -1.20. The molecule has 22 heavy (non-hydrogen) atoms. The third-order valence-corrected chi connectivity index (χ3v) is 3.71. The van der Waals surface area contributed by atoms with Crippen LogP contribution < -0.4 is 10.6 Å². The third kappa shape index (κ3) is 6.28. The van der Waals surface area contributed by atoms with Gasteiger partial charge in [0, 0.05) is 6.54 Å². The van der Waals surface area contributed by atoms with Crippen LogP contribution in [-0.2, 0) is 11.3 Å². The molecule has 0 fully saturated rings. The molecule has 1 amide bonds. The molecular formula is C16H27ClN2O3. The molecule has 0 bridgehead atoms. The smallest absolute Gasteiger partial charge is 0.408 e. The zero-order chi connectivity index (χ0) is 16.8. The summed E-state index contributed by atoms with van der Waals surface area (Å²) in [5, 5.41) is 6.68. The monoisotopic (exact) mass is 330 g/mol. The van der Waals surface area contributed by atoms with Crippen LogP contribution in [0.3, 0.4) is 0 Å². The van der Waals surface area contributed by atoms with Gasteiger partial charge in [-0.2, -0.15) is 0 Å².